The molecule has 0 saturated heterocycles. The Morgan fingerprint density at radius 3 is 2.71 bits per heavy atom. The SMILES string of the molecule is OC1CC(NCc2cc(Br)c(Br)o2)C1. The van der Waals surface area contributed by atoms with Gasteiger partial charge in [-0.3, -0.25) is 0 Å². The highest BCUT2D eigenvalue weighted by Crippen LogP contribution is 2.27. The molecule has 1 aliphatic carbocycles. The molecule has 2 N–H and O–H groups in total. The summed E-state index contributed by atoms with van der Waals surface area (Å²) in [6.07, 6.45) is 1.59. The first-order valence-electron chi connectivity index (χ1n) is 4.50. The van der Waals surface area contributed by atoms with E-state index < -0.39 is 0 Å². The van der Waals surface area contributed by atoms with Gasteiger partial charge in [0.1, 0.15) is 5.76 Å². The Morgan fingerprint density at radius 2 is 2.21 bits per heavy atom. The molecule has 1 aromatic heterocycles. The van der Waals surface area contributed by atoms with E-state index in [1.807, 2.05) is 6.07 Å². The molecule has 0 radical (unpaired) electrons. The topological polar surface area (TPSA) is 45.4 Å². The number of aliphatic hydroxyl groups is 1. The predicted molar refractivity (Wildman–Crippen MR) is 60.0 cm³/mol. The molecule has 1 aromatic rings. The first kappa shape index (κ1) is 10.7. The molecule has 1 aliphatic rings. The molecule has 3 nitrogen and oxygen atoms in total. The predicted octanol–water partition coefficient (Wildman–Crippen LogP) is 2.42. The highest BCUT2D eigenvalue weighted by Gasteiger charge is 2.26. The van der Waals surface area contributed by atoms with Crippen molar-refractivity contribution in [3.8, 4) is 0 Å². The molecule has 0 aromatic carbocycles. The van der Waals surface area contributed by atoms with E-state index >= 15 is 0 Å². The van der Waals surface area contributed by atoms with Gasteiger partial charge in [0.25, 0.3) is 0 Å². The van der Waals surface area contributed by atoms with Crippen molar-refractivity contribution < 1.29 is 9.52 Å². The molecule has 0 spiro atoms. The lowest BCUT2D eigenvalue weighted by atomic mass is 9.89. The minimum atomic E-state index is -0.109. The summed E-state index contributed by atoms with van der Waals surface area (Å²) in [7, 11) is 0. The van der Waals surface area contributed by atoms with E-state index in [1.165, 1.54) is 0 Å². The third-order valence-electron chi connectivity index (χ3n) is 2.37. The molecule has 1 heterocycles. The van der Waals surface area contributed by atoms with Gasteiger partial charge in [0, 0.05) is 6.04 Å². The highest BCUT2D eigenvalue weighted by molar-refractivity contribution is 9.13. The van der Waals surface area contributed by atoms with E-state index in [1.54, 1.807) is 0 Å². The summed E-state index contributed by atoms with van der Waals surface area (Å²) in [4.78, 5) is 0. The van der Waals surface area contributed by atoms with E-state index in [4.69, 9.17) is 9.52 Å². The van der Waals surface area contributed by atoms with Gasteiger partial charge >= 0.3 is 0 Å². The van der Waals surface area contributed by atoms with E-state index in [9.17, 15) is 0 Å². The van der Waals surface area contributed by atoms with Crippen LogP contribution in [0.25, 0.3) is 0 Å². The van der Waals surface area contributed by atoms with Crippen molar-refractivity contribution in [2.24, 2.45) is 0 Å². The molecule has 1 fully saturated rings. The van der Waals surface area contributed by atoms with E-state index in [-0.39, 0.29) is 6.10 Å². The fraction of sp³-hybridized carbons (Fsp3) is 0.556. The molecule has 0 aliphatic heterocycles. The Morgan fingerprint density at radius 1 is 1.50 bits per heavy atom. The molecular weight excluding hydrogens is 314 g/mol. The Bertz CT molecular complexity index is 301. The van der Waals surface area contributed by atoms with Gasteiger partial charge in [0.05, 0.1) is 17.1 Å². The Kier molecular flexibility index (Phi) is 3.31. The molecule has 5 heteroatoms. The highest BCUT2D eigenvalue weighted by atomic mass is 79.9. The van der Waals surface area contributed by atoms with E-state index in [0.29, 0.717) is 12.6 Å². The average molecular weight is 325 g/mol. The van der Waals surface area contributed by atoms with Gasteiger partial charge in [-0.1, -0.05) is 0 Å². The quantitative estimate of drug-likeness (QED) is 0.897. The molecule has 78 valence electrons. The van der Waals surface area contributed by atoms with Gasteiger partial charge in [-0.05, 0) is 50.8 Å². The van der Waals surface area contributed by atoms with Crippen molar-refractivity contribution >= 4 is 31.9 Å². The number of hydrogen-bond donors (Lipinski definition) is 2. The molecule has 0 bridgehead atoms. The van der Waals surface area contributed by atoms with Gasteiger partial charge in [-0.2, -0.15) is 0 Å². The maximum atomic E-state index is 9.09. The molecule has 0 atom stereocenters. The zero-order valence-electron chi connectivity index (χ0n) is 7.46. The Labute approximate surface area is 99.1 Å². The minimum Gasteiger partial charge on any atom is -0.452 e. The van der Waals surface area contributed by atoms with Gasteiger partial charge in [-0.25, -0.2) is 0 Å². The fourth-order valence-electron chi connectivity index (χ4n) is 1.48. The van der Waals surface area contributed by atoms with Gasteiger partial charge in [-0.15, -0.1) is 0 Å². The van der Waals surface area contributed by atoms with Crippen LogP contribution in [0.5, 0.6) is 0 Å². The summed E-state index contributed by atoms with van der Waals surface area (Å²) in [6.45, 7) is 0.710. The molecule has 2 rings (SSSR count). The van der Waals surface area contributed by atoms with Crippen molar-refractivity contribution in [1.82, 2.24) is 5.32 Å². The van der Waals surface area contributed by atoms with Crippen LogP contribution < -0.4 is 5.32 Å². The third-order valence-corrected chi connectivity index (χ3v) is 4.08. The number of furan rings is 1. The smallest absolute Gasteiger partial charge is 0.183 e. The van der Waals surface area contributed by atoms with Gasteiger partial charge in [0.15, 0.2) is 4.67 Å². The van der Waals surface area contributed by atoms with Crippen molar-refractivity contribution in [2.45, 2.75) is 31.5 Å². The van der Waals surface area contributed by atoms with E-state index in [2.05, 4.69) is 37.2 Å². The first-order valence-corrected chi connectivity index (χ1v) is 6.09. The fourth-order valence-corrected chi connectivity index (χ4v) is 2.14. The second-order valence-corrected chi connectivity index (χ2v) is 5.11. The van der Waals surface area contributed by atoms with Gasteiger partial charge < -0.3 is 14.8 Å². The lowest BCUT2D eigenvalue weighted by molar-refractivity contribution is 0.0611. The summed E-state index contributed by atoms with van der Waals surface area (Å²) < 4.78 is 7.06. The average Bonchev–Trinajstić information content (AvgIpc) is 2.39. The molecular formula is C9H11Br2NO2. The number of nitrogens with one attached hydrogen (secondary N) is 1. The minimum absolute atomic E-state index is 0.109. The van der Waals surface area contributed by atoms with Crippen LogP contribution in [-0.2, 0) is 6.54 Å². The van der Waals surface area contributed by atoms with E-state index in [0.717, 1.165) is 27.7 Å². The maximum Gasteiger partial charge on any atom is 0.183 e. The molecule has 0 unspecified atom stereocenters. The summed E-state index contributed by atoms with van der Waals surface area (Å²) in [6, 6.07) is 2.37. The lowest BCUT2D eigenvalue weighted by Crippen LogP contribution is -2.43. The van der Waals surface area contributed by atoms with Crippen LogP contribution >= 0.6 is 31.9 Å². The normalized spacial score (nSPS) is 26.2. The van der Waals surface area contributed by atoms with Crippen molar-refractivity contribution in [1.29, 1.82) is 0 Å². The number of halogens is 2. The van der Waals surface area contributed by atoms with Crippen LogP contribution in [-0.4, -0.2) is 17.3 Å². The third kappa shape index (κ3) is 2.39. The van der Waals surface area contributed by atoms with Crippen molar-refractivity contribution in [3.05, 3.63) is 21.0 Å². The molecule has 14 heavy (non-hydrogen) atoms. The number of hydrogen-bond acceptors (Lipinski definition) is 3. The van der Waals surface area contributed by atoms with Gasteiger partial charge in [0.2, 0.25) is 0 Å². The largest absolute Gasteiger partial charge is 0.452 e. The zero-order chi connectivity index (χ0) is 10.1. The van der Waals surface area contributed by atoms with Crippen LogP contribution in [0.3, 0.4) is 0 Å². The summed E-state index contributed by atoms with van der Waals surface area (Å²) in [5, 5.41) is 12.4. The molecule has 0 amide bonds. The summed E-state index contributed by atoms with van der Waals surface area (Å²) in [5.41, 5.74) is 0. The monoisotopic (exact) mass is 323 g/mol. The Hall–Kier alpha value is 0.160. The Balaban J connectivity index is 1.80. The standard InChI is InChI=1S/C9H11Br2NO2/c10-8-3-7(14-9(8)11)4-12-5-1-6(13)2-5/h3,5-6,12-13H,1-2,4H2. The molecule has 1 saturated carbocycles. The van der Waals surface area contributed by atoms with Crippen LogP contribution in [0.4, 0.5) is 0 Å². The van der Waals surface area contributed by atoms with Crippen LogP contribution in [0.1, 0.15) is 18.6 Å². The second kappa shape index (κ2) is 4.35. The first-order chi connectivity index (χ1) is 6.65. The maximum absolute atomic E-state index is 9.09. The van der Waals surface area contributed by atoms with Crippen LogP contribution in [0.2, 0.25) is 0 Å². The lowest BCUT2D eigenvalue weighted by Gasteiger charge is -2.31. The number of aliphatic hydroxyl groups excluding tert-OH is 1. The zero-order valence-corrected chi connectivity index (χ0v) is 10.6. The van der Waals surface area contributed by atoms with Crippen molar-refractivity contribution in [2.75, 3.05) is 0 Å². The second-order valence-electron chi connectivity index (χ2n) is 3.54. The van der Waals surface area contributed by atoms with Crippen LogP contribution in [0.15, 0.2) is 19.6 Å². The number of rotatable bonds is 3. The van der Waals surface area contributed by atoms with Crippen LogP contribution in [0, 0.1) is 0 Å². The van der Waals surface area contributed by atoms with Crippen molar-refractivity contribution in [3.63, 3.8) is 0 Å². The summed E-state index contributed by atoms with van der Waals surface area (Å²) in [5.74, 6) is 0.894. The summed E-state index contributed by atoms with van der Waals surface area (Å²) >= 11 is 6.64.